The van der Waals surface area contributed by atoms with Gasteiger partial charge in [0, 0.05) is 42.5 Å². The summed E-state index contributed by atoms with van der Waals surface area (Å²) in [6.07, 6.45) is 7.29. The van der Waals surface area contributed by atoms with E-state index in [0.717, 1.165) is 17.5 Å². The second-order valence-electron chi connectivity index (χ2n) is 5.67. The number of aromatic hydroxyl groups is 1. The highest BCUT2D eigenvalue weighted by Gasteiger charge is 2.18. The molecule has 0 spiro atoms. The van der Waals surface area contributed by atoms with Gasteiger partial charge < -0.3 is 14.5 Å². The zero-order valence-corrected chi connectivity index (χ0v) is 14.6. The Labute approximate surface area is 153 Å². The normalized spacial score (nSPS) is 11.1. The molecule has 4 aromatic heterocycles. The van der Waals surface area contributed by atoms with Crippen molar-refractivity contribution in [3.8, 4) is 28.8 Å². The number of thiophene rings is 1. The highest BCUT2D eigenvalue weighted by Crippen LogP contribution is 2.36. The van der Waals surface area contributed by atoms with Gasteiger partial charge in [-0.15, -0.1) is 11.3 Å². The van der Waals surface area contributed by atoms with Crippen molar-refractivity contribution in [3.63, 3.8) is 0 Å². The Morgan fingerprint density at radius 1 is 1.19 bits per heavy atom. The maximum Gasteiger partial charge on any atom is 0.233 e. The van der Waals surface area contributed by atoms with E-state index in [4.69, 9.17) is 0 Å². The van der Waals surface area contributed by atoms with Crippen molar-refractivity contribution in [1.29, 1.82) is 0 Å². The Morgan fingerprint density at radius 3 is 2.92 bits per heavy atom. The molecule has 0 fully saturated rings. The summed E-state index contributed by atoms with van der Waals surface area (Å²) in [5, 5.41) is 12.3. The first kappa shape index (κ1) is 16.3. The van der Waals surface area contributed by atoms with Gasteiger partial charge in [-0.3, -0.25) is 4.98 Å². The van der Waals surface area contributed by atoms with E-state index in [0.29, 0.717) is 41.3 Å². The molecule has 0 aliphatic heterocycles. The van der Waals surface area contributed by atoms with Crippen LogP contribution in [-0.4, -0.2) is 35.9 Å². The van der Waals surface area contributed by atoms with Gasteiger partial charge in [0.2, 0.25) is 5.88 Å². The molecule has 8 heteroatoms. The number of aryl methyl sites for hydroxylation is 1. The van der Waals surface area contributed by atoms with Gasteiger partial charge in [0.1, 0.15) is 11.0 Å². The Balaban J connectivity index is 1.80. The fraction of sp³-hybridized carbons (Fsp3) is 0.167. The number of hydrogen-bond acceptors (Lipinski definition) is 7. The molecule has 1 N–H and O–H groups in total. The molecule has 26 heavy (non-hydrogen) atoms. The van der Waals surface area contributed by atoms with Crippen LogP contribution in [0.1, 0.15) is 12.8 Å². The summed E-state index contributed by atoms with van der Waals surface area (Å²) in [4.78, 5) is 28.1. The molecule has 7 nitrogen and oxygen atoms in total. The molecular formula is C18H15N5O2S. The van der Waals surface area contributed by atoms with Gasteiger partial charge in [-0.25, -0.2) is 9.97 Å². The van der Waals surface area contributed by atoms with Crippen LogP contribution < -0.4 is 0 Å². The highest BCUT2D eigenvalue weighted by atomic mass is 32.1. The van der Waals surface area contributed by atoms with Crippen LogP contribution in [0, 0.1) is 0 Å². The highest BCUT2D eigenvalue weighted by molar-refractivity contribution is 7.18. The zero-order valence-electron chi connectivity index (χ0n) is 13.7. The molecule has 0 bridgehead atoms. The van der Waals surface area contributed by atoms with Crippen LogP contribution in [0.2, 0.25) is 0 Å². The first-order chi connectivity index (χ1) is 12.8. The molecule has 0 saturated carbocycles. The van der Waals surface area contributed by atoms with E-state index in [-0.39, 0.29) is 5.88 Å². The number of nitrogens with zero attached hydrogens (tertiary/aromatic N) is 5. The standard InChI is InChI=1S/C18H15N5O2S/c24-10-4-3-8-23-9-7-20-17(23)16-21-14-12(13-5-1-2-6-19-13)11-26-15(14)18(25)22-16/h1-2,5-7,9-11H,3-4,8H2,(H,21,22,25). The molecule has 0 unspecified atom stereocenters. The number of imidazole rings is 1. The molecule has 4 rings (SSSR count). The summed E-state index contributed by atoms with van der Waals surface area (Å²) in [5.74, 6) is 0.840. The van der Waals surface area contributed by atoms with E-state index < -0.39 is 0 Å². The molecular weight excluding hydrogens is 350 g/mol. The molecule has 0 radical (unpaired) electrons. The fourth-order valence-corrected chi connectivity index (χ4v) is 3.63. The van der Waals surface area contributed by atoms with Crippen LogP contribution in [0.4, 0.5) is 0 Å². The van der Waals surface area contributed by atoms with Crippen LogP contribution >= 0.6 is 11.3 Å². The van der Waals surface area contributed by atoms with Crippen LogP contribution in [-0.2, 0) is 11.3 Å². The van der Waals surface area contributed by atoms with Crippen LogP contribution in [0.3, 0.4) is 0 Å². The van der Waals surface area contributed by atoms with E-state index in [1.54, 1.807) is 12.4 Å². The Hall–Kier alpha value is -3.13. The molecule has 4 aromatic rings. The summed E-state index contributed by atoms with van der Waals surface area (Å²) in [7, 11) is 0. The maximum absolute atomic E-state index is 10.5. The predicted octanol–water partition coefficient (Wildman–Crippen LogP) is 3.30. The largest absolute Gasteiger partial charge is 0.492 e. The topological polar surface area (TPSA) is 93.8 Å². The Kier molecular flexibility index (Phi) is 4.40. The maximum atomic E-state index is 10.5. The van der Waals surface area contributed by atoms with Gasteiger partial charge >= 0.3 is 0 Å². The van der Waals surface area contributed by atoms with Gasteiger partial charge in [-0.1, -0.05) is 6.07 Å². The quantitative estimate of drug-likeness (QED) is 0.416. The van der Waals surface area contributed by atoms with Crippen molar-refractivity contribution in [2.24, 2.45) is 0 Å². The summed E-state index contributed by atoms with van der Waals surface area (Å²) < 4.78 is 2.50. The monoisotopic (exact) mass is 365 g/mol. The minimum Gasteiger partial charge on any atom is -0.492 e. The van der Waals surface area contributed by atoms with Crippen LogP contribution in [0.25, 0.3) is 33.1 Å². The van der Waals surface area contributed by atoms with E-state index in [9.17, 15) is 9.90 Å². The molecule has 0 amide bonds. The Bertz CT molecular complexity index is 1060. The molecule has 4 heterocycles. The minimum atomic E-state index is -0.0698. The lowest BCUT2D eigenvalue weighted by Crippen LogP contribution is -2.03. The van der Waals surface area contributed by atoms with Gasteiger partial charge in [0.05, 0.1) is 11.2 Å². The lowest BCUT2D eigenvalue weighted by atomic mass is 10.2. The molecule has 0 aliphatic carbocycles. The first-order valence-electron chi connectivity index (χ1n) is 8.12. The lowest BCUT2D eigenvalue weighted by Gasteiger charge is -2.07. The van der Waals surface area contributed by atoms with E-state index in [2.05, 4.69) is 19.9 Å². The first-order valence-corrected chi connectivity index (χ1v) is 9.00. The van der Waals surface area contributed by atoms with Crippen molar-refractivity contribution in [1.82, 2.24) is 24.5 Å². The second-order valence-corrected chi connectivity index (χ2v) is 6.55. The van der Waals surface area contributed by atoms with Crippen molar-refractivity contribution < 1.29 is 9.90 Å². The number of unbranched alkanes of at least 4 members (excludes halogenated alkanes) is 1. The molecule has 0 aromatic carbocycles. The average Bonchev–Trinajstić information content (AvgIpc) is 3.30. The summed E-state index contributed by atoms with van der Waals surface area (Å²) >= 11 is 1.38. The van der Waals surface area contributed by atoms with Crippen molar-refractivity contribution >= 4 is 27.8 Å². The summed E-state index contributed by atoms with van der Waals surface area (Å²) in [6.45, 7) is 0.632. The summed E-state index contributed by atoms with van der Waals surface area (Å²) in [6, 6.07) is 5.67. The van der Waals surface area contributed by atoms with E-state index in [1.165, 1.54) is 11.3 Å². The van der Waals surface area contributed by atoms with Gasteiger partial charge in [0.25, 0.3) is 0 Å². The molecule has 0 aliphatic rings. The minimum absolute atomic E-state index is 0.0698. The number of fused-ring (bicyclic) bond motifs is 1. The third kappa shape index (κ3) is 2.95. The lowest BCUT2D eigenvalue weighted by molar-refractivity contribution is -0.107. The number of hydrogen-bond donors (Lipinski definition) is 1. The average molecular weight is 365 g/mol. The van der Waals surface area contributed by atoms with E-state index >= 15 is 0 Å². The van der Waals surface area contributed by atoms with Crippen molar-refractivity contribution in [3.05, 3.63) is 42.2 Å². The second kappa shape index (κ2) is 7.01. The van der Waals surface area contributed by atoms with Crippen LogP contribution in [0.5, 0.6) is 5.88 Å². The number of rotatable bonds is 6. The Morgan fingerprint density at radius 2 is 2.12 bits per heavy atom. The SMILES string of the molecule is O=CCCCn1ccnc1-c1nc(O)c2scc(-c3ccccn3)c2n1. The van der Waals surface area contributed by atoms with Gasteiger partial charge in [-0.2, -0.15) is 4.98 Å². The van der Waals surface area contributed by atoms with Crippen LogP contribution in [0.15, 0.2) is 42.2 Å². The van der Waals surface area contributed by atoms with Crippen molar-refractivity contribution in [2.45, 2.75) is 19.4 Å². The van der Waals surface area contributed by atoms with Gasteiger partial charge in [0.15, 0.2) is 11.6 Å². The number of aromatic nitrogens is 5. The molecule has 0 saturated heterocycles. The number of carbonyl (C=O) groups excluding carboxylic acids is 1. The smallest absolute Gasteiger partial charge is 0.233 e. The zero-order chi connectivity index (χ0) is 17.9. The number of aldehydes is 1. The van der Waals surface area contributed by atoms with Gasteiger partial charge in [-0.05, 0) is 18.6 Å². The van der Waals surface area contributed by atoms with E-state index in [1.807, 2.05) is 34.3 Å². The fourth-order valence-electron chi connectivity index (χ4n) is 2.75. The predicted molar refractivity (Wildman–Crippen MR) is 98.8 cm³/mol. The molecule has 130 valence electrons. The van der Waals surface area contributed by atoms with Crippen molar-refractivity contribution in [2.75, 3.05) is 0 Å². The molecule has 0 atom stereocenters. The number of pyridine rings is 1. The summed E-state index contributed by atoms with van der Waals surface area (Å²) in [5.41, 5.74) is 2.29. The number of carbonyl (C=O) groups is 1. The third-order valence-corrected chi connectivity index (χ3v) is 4.94. The third-order valence-electron chi connectivity index (χ3n) is 3.97.